The van der Waals surface area contributed by atoms with Crippen molar-refractivity contribution >= 4 is 17.2 Å². The van der Waals surface area contributed by atoms with Crippen LogP contribution < -0.4 is 14.8 Å². The molecule has 0 aliphatic rings. The standard InChI is InChI=1S/C22H25NO3S/c1-4-14-26-19-11-10-18(15-20(19)24-2)12-13-23-22(27)21(25-3)16-17-8-6-5-7-9-17/h1,5-11,15,21H,12-14,16H2,2-3H3,(H,23,27)/t21-/m0/s1. The summed E-state index contributed by atoms with van der Waals surface area (Å²) < 4.78 is 16.4. The molecule has 0 bridgehead atoms. The minimum Gasteiger partial charge on any atom is -0.493 e. The van der Waals surface area contributed by atoms with Gasteiger partial charge in [-0.15, -0.1) is 6.42 Å². The van der Waals surface area contributed by atoms with Gasteiger partial charge in [0.2, 0.25) is 0 Å². The maximum absolute atomic E-state index is 5.55. The summed E-state index contributed by atoms with van der Waals surface area (Å²) >= 11 is 5.51. The highest BCUT2D eigenvalue weighted by atomic mass is 32.1. The number of hydrogen-bond acceptors (Lipinski definition) is 4. The molecule has 0 saturated carbocycles. The second-order valence-electron chi connectivity index (χ2n) is 5.93. The van der Waals surface area contributed by atoms with E-state index >= 15 is 0 Å². The van der Waals surface area contributed by atoms with E-state index in [0.717, 1.165) is 18.4 Å². The zero-order chi connectivity index (χ0) is 19.5. The number of thiocarbonyl (C=S) groups is 1. The van der Waals surface area contributed by atoms with Crippen LogP contribution in [0.4, 0.5) is 0 Å². The van der Waals surface area contributed by atoms with Crippen molar-refractivity contribution in [2.24, 2.45) is 0 Å². The zero-order valence-corrected chi connectivity index (χ0v) is 16.6. The predicted octanol–water partition coefficient (Wildman–Crippen LogP) is 3.42. The summed E-state index contributed by atoms with van der Waals surface area (Å²) in [7, 11) is 3.30. The second-order valence-corrected chi connectivity index (χ2v) is 6.37. The minimum absolute atomic E-state index is 0.142. The topological polar surface area (TPSA) is 39.7 Å². The Bertz CT molecular complexity index is 771. The van der Waals surface area contributed by atoms with Gasteiger partial charge >= 0.3 is 0 Å². The molecule has 0 amide bonds. The van der Waals surface area contributed by atoms with Crippen LogP contribution in [0.25, 0.3) is 0 Å². The summed E-state index contributed by atoms with van der Waals surface area (Å²) in [6, 6.07) is 16.0. The fraction of sp³-hybridized carbons (Fsp3) is 0.318. The molecule has 0 heterocycles. The number of methoxy groups -OCH3 is 2. The Morgan fingerprint density at radius 2 is 1.89 bits per heavy atom. The molecule has 2 aromatic carbocycles. The quantitative estimate of drug-likeness (QED) is 0.503. The van der Waals surface area contributed by atoms with Gasteiger partial charge in [0.15, 0.2) is 11.5 Å². The molecule has 0 fully saturated rings. The summed E-state index contributed by atoms with van der Waals surface area (Å²) in [5, 5.41) is 3.30. The maximum atomic E-state index is 5.55. The first kappa shape index (κ1) is 20.8. The third kappa shape index (κ3) is 6.59. The smallest absolute Gasteiger partial charge is 0.162 e. The van der Waals surface area contributed by atoms with Crippen molar-refractivity contribution < 1.29 is 14.2 Å². The SMILES string of the molecule is C#CCOc1ccc(CCNC(=S)[C@H](Cc2ccccc2)OC)cc1OC. The van der Waals surface area contributed by atoms with E-state index in [1.54, 1.807) is 14.2 Å². The van der Waals surface area contributed by atoms with Crippen molar-refractivity contribution in [2.45, 2.75) is 18.9 Å². The molecule has 27 heavy (non-hydrogen) atoms. The van der Waals surface area contributed by atoms with E-state index in [2.05, 4.69) is 23.4 Å². The Balaban J connectivity index is 1.87. The Labute approximate surface area is 166 Å². The molecule has 142 valence electrons. The first-order valence-corrected chi connectivity index (χ1v) is 9.16. The fourth-order valence-corrected chi connectivity index (χ4v) is 2.94. The monoisotopic (exact) mass is 383 g/mol. The van der Waals surface area contributed by atoms with Crippen LogP contribution in [0.1, 0.15) is 11.1 Å². The van der Waals surface area contributed by atoms with E-state index in [4.69, 9.17) is 32.9 Å². The summed E-state index contributed by atoms with van der Waals surface area (Å²) in [5.41, 5.74) is 2.31. The lowest BCUT2D eigenvalue weighted by Crippen LogP contribution is -2.36. The van der Waals surface area contributed by atoms with Crippen LogP contribution in [0.5, 0.6) is 11.5 Å². The molecule has 0 aliphatic heterocycles. The minimum atomic E-state index is -0.142. The van der Waals surface area contributed by atoms with E-state index in [0.29, 0.717) is 23.0 Å². The van der Waals surface area contributed by atoms with Gasteiger partial charge in [0, 0.05) is 20.1 Å². The Morgan fingerprint density at radius 1 is 1.11 bits per heavy atom. The van der Waals surface area contributed by atoms with Crippen molar-refractivity contribution in [3.8, 4) is 23.8 Å². The molecule has 0 aliphatic carbocycles. The van der Waals surface area contributed by atoms with Crippen molar-refractivity contribution in [3.05, 3.63) is 59.7 Å². The number of ether oxygens (including phenoxy) is 3. The van der Waals surface area contributed by atoms with Crippen molar-refractivity contribution in [1.29, 1.82) is 0 Å². The highest BCUT2D eigenvalue weighted by molar-refractivity contribution is 7.80. The summed E-state index contributed by atoms with van der Waals surface area (Å²) in [4.78, 5) is 0.710. The maximum Gasteiger partial charge on any atom is 0.162 e. The fourth-order valence-electron chi connectivity index (χ4n) is 2.66. The second kappa shape index (κ2) is 11.2. The summed E-state index contributed by atoms with van der Waals surface area (Å²) in [6.45, 7) is 0.923. The van der Waals surface area contributed by atoms with Gasteiger partial charge < -0.3 is 19.5 Å². The largest absolute Gasteiger partial charge is 0.493 e. The molecule has 0 saturated heterocycles. The van der Waals surface area contributed by atoms with E-state index < -0.39 is 0 Å². The molecule has 0 radical (unpaired) electrons. The first-order valence-electron chi connectivity index (χ1n) is 8.75. The zero-order valence-electron chi connectivity index (χ0n) is 15.7. The Morgan fingerprint density at radius 3 is 2.56 bits per heavy atom. The van der Waals surface area contributed by atoms with Gasteiger partial charge in [0.05, 0.1) is 7.11 Å². The first-order chi connectivity index (χ1) is 13.2. The third-order valence-electron chi connectivity index (χ3n) is 4.09. The molecule has 5 heteroatoms. The lowest BCUT2D eigenvalue weighted by molar-refractivity contribution is 0.155. The molecule has 4 nitrogen and oxygen atoms in total. The van der Waals surface area contributed by atoms with E-state index in [1.165, 1.54) is 5.56 Å². The van der Waals surface area contributed by atoms with Crippen LogP contribution in [-0.4, -0.2) is 38.5 Å². The number of nitrogens with one attached hydrogen (secondary N) is 1. The molecular weight excluding hydrogens is 358 g/mol. The molecule has 0 aromatic heterocycles. The molecule has 2 aromatic rings. The van der Waals surface area contributed by atoms with Crippen LogP contribution in [0, 0.1) is 12.3 Å². The van der Waals surface area contributed by atoms with Gasteiger partial charge in [-0.25, -0.2) is 0 Å². The predicted molar refractivity (Wildman–Crippen MR) is 113 cm³/mol. The van der Waals surface area contributed by atoms with E-state index in [-0.39, 0.29) is 12.7 Å². The van der Waals surface area contributed by atoms with Crippen molar-refractivity contribution in [3.63, 3.8) is 0 Å². The molecule has 1 atom stereocenters. The normalized spacial score (nSPS) is 11.3. The molecular formula is C22H25NO3S. The van der Waals surface area contributed by atoms with Gasteiger partial charge in [-0.2, -0.15) is 0 Å². The number of rotatable bonds is 10. The van der Waals surface area contributed by atoms with Gasteiger partial charge in [0.1, 0.15) is 17.7 Å². The molecule has 2 rings (SSSR count). The summed E-state index contributed by atoms with van der Waals surface area (Å²) in [5.74, 6) is 3.76. The number of hydrogen-bond donors (Lipinski definition) is 1. The summed E-state index contributed by atoms with van der Waals surface area (Å²) in [6.07, 6.45) is 6.64. The molecule has 1 N–H and O–H groups in total. The van der Waals surface area contributed by atoms with Crippen LogP contribution in [0.15, 0.2) is 48.5 Å². The molecule has 0 unspecified atom stereocenters. The molecule has 0 spiro atoms. The van der Waals surface area contributed by atoms with Crippen LogP contribution in [0.3, 0.4) is 0 Å². The van der Waals surface area contributed by atoms with Crippen molar-refractivity contribution in [2.75, 3.05) is 27.4 Å². The van der Waals surface area contributed by atoms with Gasteiger partial charge in [-0.1, -0.05) is 54.5 Å². The number of benzene rings is 2. The third-order valence-corrected chi connectivity index (χ3v) is 4.50. The van der Waals surface area contributed by atoms with Crippen LogP contribution >= 0.6 is 12.2 Å². The van der Waals surface area contributed by atoms with Gasteiger partial charge in [-0.3, -0.25) is 0 Å². The average molecular weight is 384 g/mol. The van der Waals surface area contributed by atoms with E-state index in [1.807, 2.05) is 36.4 Å². The number of terminal acetylenes is 1. The Kier molecular flexibility index (Phi) is 8.63. The van der Waals surface area contributed by atoms with E-state index in [9.17, 15) is 0 Å². The Hall–Kier alpha value is -2.55. The van der Waals surface area contributed by atoms with Gasteiger partial charge in [-0.05, 0) is 29.7 Å². The lowest BCUT2D eigenvalue weighted by Gasteiger charge is -2.18. The van der Waals surface area contributed by atoms with Crippen molar-refractivity contribution in [1.82, 2.24) is 5.32 Å². The highest BCUT2D eigenvalue weighted by Gasteiger charge is 2.14. The highest BCUT2D eigenvalue weighted by Crippen LogP contribution is 2.28. The average Bonchev–Trinajstić information content (AvgIpc) is 2.71. The van der Waals surface area contributed by atoms with Gasteiger partial charge in [0.25, 0.3) is 0 Å². The van der Waals surface area contributed by atoms with Crippen LogP contribution in [0.2, 0.25) is 0 Å². The lowest BCUT2D eigenvalue weighted by atomic mass is 10.1. The van der Waals surface area contributed by atoms with Crippen LogP contribution in [-0.2, 0) is 17.6 Å².